The molecule has 0 spiro atoms. The molecule has 0 fully saturated rings. The zero-order valence-corrected chi connectivity index (χ0v) is 15.5. The van der Waals surface area contributed by atoms with Crippen molar-refractivity contribution in [2.75, 3.05) is 0 Å². The second kappa shape index (κ2) is 7.17. The number of para-hydroxylation sites is 3. The van der Waals surface area contributed by atoms with Gasteiger partial charge in [0.1, 0.15) is 5.69 Å². The van der Waals surface area contributed by atoms with E-state index in [9.17, 15) is 4.79 Å². The summed E-state index contributed by atoms with van der Waals surface area (Å²) in [6.45, 7) is 0. The van der Waals surface area contributed by atoms with Crippen LogP contribution in [-0.4, -0.2) is 15.0 Å². The number of pyridine rings is 1. The van der Waals surface area contributed by atoms with Gasteiger partial charge in [-0.15, -0.1) is 0 Å². The Labute approximate surface area is 167 Å². The van der Waals surface area contributed by atoms with Gasteiger partial charge in [-0.2, -0.15) is 0 Å². The Kier molecular flexibility index (Phi) is 4.22. The fraction of sp³-hybridized carbons (Fsp3) is 0. The number of H-pyrrole nitrogens is 1. The van der Waals surface area contributed by atoms with E-state index in [0.29, 0.717) is 22.5 Å². The van der Waals surface area contributed by atoms with Crippen LogP contribution in [0, 0.1) is 0 Å². The molecule has 5 aromatic rings. The molecule has 4 nitrogen and oxygen atoms in total. The first kappa shape index (κ1) is 17.1. The summed E-state index contributed by atoms with van der Waals surface area (Å²) >= 11 is 0. The molecule has 1 N–H and O–H groups in total. The van der Waals surface area contributed by atoms with Crippen LogP contribution in [0.2, 0.25) is 0 Å². The summed E-state index contributed by atoms with van der Waals surface area (Å²) in [5.74, 6) is 0. The first-order chi connectivity index (χ1) is 14.3. The Morgan fingerprint density at radius 1 is 0.724 bits per heavy atom. The lowest BCUT2D eigenvalue weighted by Crippen LogP contribution is -2.15. The number of rotatable bonds is 3. The van der Waals surface area contributed by atoms with Gasteiger partial charge in [-0.05, 0) is 35.9 Å². The van der Waals surface area contributed by atoms with Crippen molar-refractivity contribution >= 4 is 33.6 Å². The number of benzene rings is 3. The lowest BCUT2D eigenvalue weighted by Gasteiger charge is -2.09. The Balaban J connectivity index is 1.78. The zero-order valence-electron chi connectivity index (χ0n) is 15.5. The summed E-state index contributed by atoms with van der Waals surface area (Å²) in [6.07, 6.45) is 1.96. The Bertz CT molecular complexity index is 1420. The van der Waals surface area contributed by atoms with Gasteiger partial charge in [0.25, 0.3) is 5.56 Å². The van der Waals surface area contributed by atoms with Crippen molar-refractivity contribution < 1.29 is 0 Å². The molecule has 0 saturated heterocycles. The van der Waals surface area contributed by atoms with Gasteiger partial charge in [-0.1, -0.05) is 66.7 Å². The monoisotopic (exact) mass is 375 g/mol. The van der Waals surface area contributed by atoms with Crippen molar-refractivity contribution in [2.45, 2.75) is 0 Å². The first-order valence-corrected chi connectivity index (χ1v) is 9.40. The molecule has 2 heterocycles. The van der Waals surface area contributed by atoms with E-state index in [1.54, 1.807) is 0 Å². The predicted molar refractivity (Wildman–Crippen MR) is 118 cm³/mol. The molecule has 0 bridgehead atoms. The van der Waals surface area contributed by atoms with Crippen LogP contribution < -0.4 is 5.56 Å². The van der Waals surface area contributed by atoms with E-state index in [-0.39, 0.29) is 5.56 Å². The normalized spacial score (nSPS) is 11.8. The number of aromatic amines is 1. The standard InChI is InChI=1S/C25H17N3O/c29-25-24(27-22-12-6-7-13-23(22)28-25)19(16-17-8-2-1-3-9-17)21-15-14-18-10-4-5-11-20(18)26-21/h1-16H,(H,28,29)/b19-16+. The lowest BCUT2D eigenvalue weighted by atomic mass is 10.0. The quantitative estimate of drug-likeness (QED) is 0.479. The van der Waals surface area contributed by atoms with Gasteiger partial charge in [-0.25, -0.2) is 9.97 Å². The Morgan fingerprint density at radius 2 is 1.45 bits per heavy atom. The van der Waals surface area contributed by atoms with Crippen LogP contribution in [0.5, 0.6) is 0 Å². The van der Waals surface area contributed by atoms with Crippen LogP contribution >= 0.6 is 0 Å². The van der Waals surface area contributed by atoms with Gasteiger partial charge in [0.05, 0.1) is 22.2 Å². The molecule has 138 valence electrons. The van der Waals surface area contributed by atoms with Crippen LogP contribution in [-0.2, 0) is 0 Å². The molecule has 0 unspecified atom stereocenters. The van der Waals surface area contributed by atoms with Gasteiger partial charge in [0.2, 0.25) is 0 Å². The average Bonchev–Trinajstić information content (AvgIpc) is 2.77. The highest BCUT2D eigenvalue weighted by molar-refractivity contribution is 5.92. The van der Waals surface area contributed by atoms with Crippen molar-refractivity contribution in [3.05, 3.63) is 118 Å². The largest absolute Gasteiger partial charge is 0.319 e. The fourth-order valence-corrected chi connectivity index (χ4v) is 3.41. The summed E-state index contributed by atoms with van der Waals surface area (Å²) < 4.78 is 0. The number of nitrogens with one attached hydrogen (secondary N) is 1. The summed E-state index contributed by atoms with van der Waals surface area (Å²) in [5, 5.41) is 1.05. The highest BCUT2D eigenvalue weighted by Gasteiger charge is 2.14. The maximum Gasteiger partial charge on any atom is 0.275 e. The van der Waals surface area contributed by atoms with E-state index in [1.165, 1.54) is 0 Å². The third-order valence-electron chi connectivity index (χ3n) is 4.84. The average molecular weight is 375 g/mol. The van der Waals surface area contributed by atoms with E-state index < -0.39 is 0 Å². The Morgan fingerprint density at radius 3 is 2.31 bits per heavy atom. The van der Waals surface area contributed by atoms with Gasteiger partial charge in [0.15, 0.2) is 0 Å². The molecule has 29 heavy (non-hydrogen) atoms. The molecule has 0 atom stereocenters. The molecule has 0 aliphatic carbocycles. The van der Waals surface area contributed by atoms with E-state index in [0.717, 1.165) is 22.0 Å². The Hall–Kier alpha value is -4.05. The van der Waals surface area contributed by atoms with E-state index >= 15 is 0 Å². The zero-order chi connectivity index (χ0) is 19.6. The molecule has 0 radical (unpaired) electrons. The molecular formula is C25H17N3O. The van der Waals surface area contributed by atoms with Crippen LogP contribution in [0.4, 0.5) is 0 Å². The summed E-state index contributed by atoms with van der Waals surface area (Å²) in [7, 11) is 0. The second-order valence-electron chi connectivity index (χ2n) is 6.79. The van der Waals surface area contributed by atoms with Crippen LogP contribution in [0.25, 0.3) is 33.6 Å². The fourth-order valence-electron chi connectivity index (χ4n) is 3.41. The van der Waals surface area contributed by atoms with Crippen molar-refractivity contribution in [3.63, 3.8) is 0 Å². The van der Waals surface area contributed by atoms with Gasteiger partial charge in [-0.3, -0.25) is 4.79 Å². The van der Waals surface area contributed by atoms with Crippen molar-refractivity contribution in [1.82, 2.24) is 15.0 Å². The van der Waals surface area contributed by atoms with Crippen LogP contribution in [0.15, 0.2) is 95.8 Å². The van der Waals surface area contributed by atoms with Crippen molar-refractivity contribution in [2.24, 2.45) is 0 Å². The number of hydrogen-bond donors (Lipinski definition) is 1. The molecule has 0 saturated carbocycles. The summed E-state index contributed by atoms with van der Waals surface area (Å²) in [4.78, 5) is 25.3. The molecular weight excluding hydrogens is 358 g/mol. The van der Waals surface area contributed by atoms with Gasteiger partial charge < -0.3 is 4.98 Å². The smallest absolute Gasteiger partial charge is 0.275 e. The van der Waals surface area contributed by atoms with Crippen molar-refractivity contribution in [1.29, 1.82) is 0 Å². The third-order valence-corrected chi connectivity index (χ3v) is 4.84. The number of hydrogen-bond acceptors (Lipinski definition) is 3. The topological polar surface area (TPSA) is 58.6 Å². The van der Waals surface area contributed by atoms with E-state index in [2.05, 4.69) is 9.97 Å². The molecule has 3 aromatic carbocycles. The molecule has 0 aliphatic heterocycles. The number of fused-ring (bicyclic) bond motifs is 2. The minimum absolute atomic E-state index is 0.235. The molecule has 4 heteroatoms. The molecule has 2 aromatic heterocycles. The number of aromatic nitrogens is 3. The second-order valence-corrected chi connectivity index (χ2v) is 6.79. The van der Waals surface area contributed by atoms with Crippen LogP contribution in [0.3, 0.4) is 0 Å². The van der Waals surface area contributed by atoms with E-state index in [1.807, 2.05) is 97.1 Å². The third kappa shape index (κ3) is 3.32. The SMILES string of the molecule is O=c1[nH]c2ccccc2nc1/C(=C/c1ccccc1)c1ccc2ccccc2n1. The minimum atomic E-state index is -0.235. The summed E-state index contributed by atoms with van der Waals surface area (Å²) in [5.41, 5.74) is 4.83. The maximum absolute atomic E-state index is 12.9. The predicted octanol–water partition coefficient (Wildman–Crippen LogP) is 5.06. The molecule has 5 rings (SSSR count). The van der Waals surface area contributed by atoms with Crippen LogP contribution in [0.1, 0.15) is 17.0 Å². The summed E-state index contributed by atoms with van der Waals surface area (Å²) in [6, 6.07) is 29.3. The highest BCUT2D eigenvalue weighted by atomic mass is 16.1. The van der Waals surface area contributed by atoms with Gasteiger partial charge in [0, 0.05) is 11.0 Å². The van der Waals surface area contributed by atoms with E-state index in [4.69, 9.17) is 4.98 Å². The lowest BCUT2D eigenvalue weighted by molar-refractivity contribution is 1.17. The number of nitrogens with zero attached hydrogens (tertiary/aromatic N) is 2. The van der Waals surface area contributed by atoms with Gasteiger partial charge >= 0.3 is 0 Å². The first-order valence-electron chi connectivity index (χ1n) is 9.40. The molecule has 0 aliphatic rings. The molecule has 0 amide bonds. The highest BCUT2D eigenvalue weighted by Crippen LogP contribution is 2.24. The van der Waals surface area contributed by atoms with Crippen molar-refractivity contribution in [3.8, 4) is 0 Å². The minimum Gasteiger partial charge on any atom is -0.319 e. The maximum atomic E-state index is 12.9.